The summed E-state index contributed by atoms with van der Waals surface area (Å²) in [6.45, 7) is 1.71. The average Bonchev–Trinajstić information content (AvgIpc) is 2.96. The fraction of sp³-hybridized carbons (Fsp3) is 0.154. The van der Waals surface area contributed by atoms with E-state index in [2.05, 4.69) is 15.0 Å². The Labute approximate surface area is 128 Å². The highest BCUT2D eigenvalue weighted by Gasteiger charge is 2.17. The SMILES string of the molecule is CCOC(=O)C(=O)Nc1nc(-c2ccc([N+](=O)[O-])cc2)cs1. The lowest BCUT2D eigenvalue weighted by molar-refractivity contribution is -0.384. The van der Waals surface area contributed by atoms with Gasteiger partial charge in [0.1, 0.15) is 0 Å². The van der Waals surface area contributed by atoms with E-state index in [1.54, 1.807) is 24.4 Å². The first-order chi connectivity index (χ1) is 10.5. The van der Waals surface area contributed by atoms with Gasteiger partial charge in [0.2, 0.25) is 0 Å². The second-order valence-electron chi connectivity index (χ2n) is 4.02. The lowest BCUT2D eigenvalue weighted by Crippen LogP contribution is -2.24. The van der Waals surface area contributed by atoms with Gasteiger partial charge in [-0.1, -0.05) is 0 Å². The molecule has 0 bridgehead atoms. The number of esters is 1. The first kappa shape index (κ1) is 15.6. The third-order valence-electron chi connectivity index (χ3n) is 2.56. The molecular formula is C13H11N3O5S. The number of nitrogens with zero attached hydrogens (tertiary/aromatic N) is 2. The second kappa shape index (κ2) is 6.76. The van der Waals surface area contributed by atoms with Gasteiger partial charge in [-0.2, -0.15) is 0 Å². The molecule has 22 heavy (non-hydrogen) atoms. The zero-order valence-electron chi connectivity index (χ0n) is 11.4. The molecule has 1 amide bonds. The number of nitro benzene ring substituents is 1. The summed E-state index contributed by atoms with van der Waals surface area (Å²) in [5, 5.41) is 14.8. The van der Waals surface area contributed by atoms with Crippen molar-refractivity contribution in [1.82, 2.24) is 4.98 Å². The fourth-order valence-electron chi connectivity index (χ4n) is 1.56. The van der Waals surface area contributed by atoms with Crippen molar-refractivity contribution in [2.45, 2.75) is 6.92 Å². The normalized spacial score (nSPS) is 10.0. The van der Waals surface area contributed by atoms with Gasteiger partial charge in [-0.3, -0.25) is 20.2 Å². The molecule has 8 nitrogen and oxygen atoms in total. The molecule has 2 rings (SSSR count). The minimum Gasteiger partial charge on any atom is -0.459 e. The van der Waals surface area contributed by atoms with Crippen molar-refractivity contribution in [1.29, 1.82) is 0 Å². The van der Waals surface area contributed by atoms with Crippen LogP contribution in [0.2, 0.25) is 0 Å². The molecule has 0 unspecified atom stereocenters. The molecule has 0 atom stereocenters. The van der Waals surface area contributed by atoms with Crippen molar-refractivity contribution >= 4 is 34.0 Å². The van der Waals surface area contributed by atoms with Gasteiger partial charge in [-0.15, -0.1) is 11.3 Å². The minimum absolute atomic E-state index is 0.0187. The number of aromatic nitrogens is 1. The number of benzene rings is 1. The lowest BCUT2D eigenvalue weighted by Gasteiger charge is -2.00. The monoisotopic (exact) mass is 321 g/mol. The van der Waals surface area contributed by atoms with Crippen LogP contribution in [0.3, 0.4) is 0 Å². The standard InChI is InChI=1S/C13H11N3O5S/c1-2-21-12(18)11(17)15-13-14-10(7-22-13)8-3-5-9(6-4-8)16(19)20/h3-7H,2H2,1H3,(H,14,15,17). The number of carbonyl (C=O) groups is 2. The van der Waals surface area contributed by atoms with Crippen LogP contribution in [0.5, 0.6) is 0 Å². The average molecular weight is 321 g/mol. The van der Waals surface area contributed by atoms with E-state index in [1.807, 2.05) is 0 Å². The maximum Gasteiger partial charge on any atom is 0.397 e. The summed E-state index contributed by atoms with van der Waals surface area (Å²) in [5.41, 5.74) is 1.19. The molecule has 1 heterocycles. The number of amides is 1. The summed E-state index contributed by atoms with van der Waals surface area (Å²) in [6, 6.07) is 5.85. The van der Waals surface area contributed by atoms with Crippen molar-refractivity contribution in [2.75, 3.05) is 11.9 Å². The Morgan fingerprint density at radius 1 is 1.36 bits per heavy atom. The molecule has 0 aliphatic carbocycles. The Kier molecular flexibility index (Phi) is 4.79. The van der Waals surface area contributed by atoms with Crippen LogP contribution < -0.4 is 5.32 Å². The second-order valence-corrected chi connectivity index (χ2v) is 4.87. The summed E-state index contributed by atoms with van der Waals surface area (Å²) in [5.74, 6) is -1.87. The number of nitrogens with one attached hydrogen (secondary N) is 1. The molecule has 0 aliphatic rings. The first-order valence-corrected chi connectivity index (χ1v) is 7.07. The Hall–Kier alpha value is -2.81. The van der Waals surface area contributed by atoms with Gasteiger partial charge in [0, 0.05) is 23.1 Å². The molecule has 1 N–H and O–H groups in total. The highest BCUT2D eigenvalue weighted by atomic mass is 32.1. The topological polar surface area (TPSA) is 111 Å². The molecule has 1 aromatic heterocycles. The highest BCUT2D eigenvalue weighted by Crippen LogP contribution is 2.26. The van der Waals surface area contributed by atoms with E-state index in [-0.39, 0.29) is 17.4 Å². The summed E-state index contributed by atoms with van der Waals surface area (Å²) in [6.07, 6.45) is 0. The zero-order valence-corrected chi connectivity index (χ0v) is 12.3. The van der Waals surface area contributed by atoms with Crippen molar-refractivity contribution in [3.05, 3.63) is 39.8 Å². The summed E-state index contributed by atoms with van der Waals surface area (Å²) in [4.78, 5) is 36.9. The van der Waals surface area contributed by atoms with Gasteiger partial charge < -0.3 is 4.74 Å². The predicted molar refractivity (Wildman–Crippen MR) is 79.5 cm³/mol. The molecule has 9 heteroatoms. The van der Waals surface area contributed by atoms with Gasteiger partial charge in [0.25, 0.3) is 5.69 Å². The number of hydrogen-bond donors (Lipinski definition) is 1. The van der Waals surface area contributed by atoms with Crippen LogP contribution in [-0.4, -0.2) is 28.4 Å². The van der Waals surface area contributed by atoms with Crippen LogP contribution in [0.4, 0.5) is 10.8 Å². The molecule has 2 aromatic rings. The van der Waals surface area contributed by atoms with Crippen molar-refractivity contribution in [2.24, 2.45) is 0 Å². The molecule has 0 spiro atoms. The maximum atomic E-state index is 11.5. The number of ether oxygens (including phenoxy) is 1. The molecule has 0 saturated heterocycles. The quantitative estimate of drug-likeness (QED) is 0.400. The predicted octanol–water partition coefficient (Wildman–Crippen LogP) is 2.22. The van der Waals surface area contributed by atoms with Crippen LogP contribution in [0.15, 0.2) is 29.6 Å². The van der Waals surface area contributed by atoms with E-state index in [0.717, 1.165) is 11.3 Å². The van der Waals surface area contributed by atoms with E-state index in [9.17, 15) is 19.7 Å². The van der Waals surface area contributed by atoms with Gasteiger partial charge >= 0.3 is 11.9 Å². The molecule has 114 valence electrons. The van der Waals surface area contributed by atoms with Crippen LogP contribution >= 0.6 is 11.3 Å². The number of carbonyl (C=O) groups excluding carboxylic acids is 2. The summed E-state index contributed by atoms with van der Waals surface area (Å²) in [7, 11) is 0. The van der Waals surface area contributed by atoms with E-state index in [4.69, 9.17) is 0 Å². The Morgan fingerprint density at radius 2 is 2.05 bits per heavy atom. The van der Waals surface area contributed by atoms with Crippen molar-refractivity contribution in [3.63, 3.8) is 0 Å². The number of non-ortho nitro benzene ring substituents is 1. The molecular weight excluding hydrogens is 310 g/mol. The zero-order chi connectivity index (χ0) is 16.1. The highest BCUT2D eigenvalue weighted by molar-refractivity contribution is 7.14. The largest absolute Gasteiger partial charge is 0.459 e. The third kappa shape index (κ3) is 3.64. The fourth-order valence-corrected chi connectivity index (χ4v) is 2.28. The van der Waals surface area contributed by atoms with Crippen LogP contribution in [0.25, 0.3) is 11.3 Å². The molecule has 0 radical (unpaired) electrons. The van der Waals surface area contributed by atoms with Gasteiger partial charge in [-0.05, 0) is 19.1 Å². The molecule has 0 aliphatic heterocycles. The van der Waals surface area contributed by atoms with E-state index < -0.39 is 16.8 Å². The van der Waals surface area contributed by atoms with Gasteiger partial charge in [0.15, 0.2) is 5.13 Å². The smallest absolute Gasteiger partial charge is 0.397 e. The van der Waals surface area contributed by atoms with Crippen LogP contribution in [0.1, 0.15) is 6.92 Å². The minimum atomic E-state index is -0.977. The van der Waals surface area contributed by atoms with Crippen LogP contribution in [0, 0.1) is 10.1 Å². The Balaban J connectivity index is 2.09. The number of nitro groups is 1. The van der Waals surface area contributed by atoms with Gasteiger partial charge in [0.05, 0.1) is 17.2 Å². The van der Waals surface area contributed by atoms with E-state index >= 15 is 0 Å². The number of rotatable bonds is 4. The maximum absolute atomic E-state index is 11.5. The molecule has 0 fully saturated rings. The Morgan fingerprint density at radius 3 is 2.64 bits per heavy atom. The summed E-state index contributed by atoms with van der Waals surface area (Å²) < 4.78 is 4.56. The summed E-state index contributed by atoms with van der Waals surface area (Å²) >= 11 is 1.13. The molecule has 1 aromatic carbocycles. The molecule has 0 saturated carbocycles. The number of hydrogen-bond acceptors (Lipinski definition) is 7. The van der Waals surface area contributed by atoms with E-state index in [0.29, 0.717) is 11.3 Å². The number of thiazole rings is 1. The van der Waals surface area contributed by atoms with Crippen LogP contribution in [-0.2, 0) is 14.3 Å². The van der Waals surface area contributed by atoms with Crippen molar-refractivity contribution in [3.8, 4) is 11.3 Å². The van der Waals surface area contributed by atoms with Gasteiger partial charge in [-0.25, -0.2) is 9.78 Å². The van der Waals surface area contributed by atoms with Crippen molar-refractivity contribution < 1.29 is 19.2 Å². The lowest BCUT2D eigenvalue weighted by atomic mass is 10.1. The first-order valence-electron chi connectivity index (χ1n) is 6.19. The van der Waals surface area contributed by atoms with E-state index in [1.165, 1.54) is 12.1 Å². The Bertz CT molecular complexity index is 711. The number of anilines is 1. The third-order valence-corrected chi connectivity index (χ3v) is 3.32.